The first-order chi connectivity index (χ1) is 13.1. The van der Waals surface area contributed by atoms with Gasteiger partial charge in [-0.1, -0.05) is 29.8 Å². The molecule has 3 aromatic rings. The van der Waals surface area contributed by atoms with Gasteiger partial charge >= 0.3 is 0 Å². The Labute approximate surface area is 164 Å². The first kappa shape index (κ1) is 17.7. The summed E-state index contributed by atoms with van der Waals surface area (Å²) in [6.45, 7) is 4.32. The normalized spacial score (nSPS) is 14.2. The molecule has 0 fully saturated rings. The van der Waals surface area contributed by atoms with E-state index < -0.39 is 0 Å². The number of nitrogens with zero attached hydrogens (tertiary/aromatic N) is 3. The molecule has 2 aromatic carbocycles. The summed E-state index contributed by atoms with van der Waals surface area (Å²) in [5.41, 5.74) is 1.30. The van der Waals surface area contributed by atoms with Gasteiger partial charge in [-0.25, -0.2) is 4.98 Å². The summed E-state index contributed by atoms with van der Waals surface area (Å²) in [4.78, 5) is 17.8. The Hall–Kier alpha value is -2.67. The van der Waals surface area contributed by atoms with Crippen molar-refractivity contribution in [3.8, 4) is 11.5 Å². The maximum absolute atomic E-state index is 13.1. The van der Waals surface area contributed by atoms with E-state index in [1.54, 1.807) is 12.3 Å². The Balaban J connectivity index is 1.83. The van der Waals surface area contributed by atoms with Crippen molar-refractivity contribution < 1.29 is 9.47 Å². The number of aromatic nitrogens is 2. The van der Waals surface area contributed by atoms with Crippen LogP contribution in [0.5, 0.6) is 11.5 Å². The van der Waals surface area contributed by atoms with Crippen molar-refractivity contribution >= 4 is 33.0 Å². The molecule has 0 unspecified atom stereocenters. The summed E-state index contributed by atoms with van der Waals surface area (Å²) in [5, 5.41) is 4.98. The fourth-order valence-electron chi connectivity index (χ4n) is 2.90. The first-order valence-electron chi connectivity index (χ1n) is 8.73. The van der Waals surface area contributed by atoms with Crippen molar-refractivity contribution in [3.63, 3.8) is 0 Å². The van der Waals surface area contributed by atoms with E-state index in [1.807, 2.05) is 37.3 Å². The Morgan fingerprint density at radius 1 is 1.26 bits per heavy atom. The van der Waals surface area contributed by atoms with Crippen LogP contribution in [0.3, 0.4) is 0 Å². The molecule has 6 nitrogen and oxygen atoms in total. The highest BCUT2D eigenvalue weighted by molar-refractivity contribution is 9.10. The molecular formula is C20H18BrN3O3. The molecule has 138 valence electrons. The van der Waals surface area contributed by atoms with Crippen LogP contribution in [0.4, 0.5) is 0 Å². The molecule has 0 saturated heterocycles. The van der Waals surface area contributed by atoms with Gasteiger partial charge in [0, 0.05) is 10.4 Å². The van der Waals surface area contributed by atoms with Crippen LogP contribution >= 0.6 is 15.9 Å². The second-order valence-electron chi connectivity index (χ2n) is 6.41. The van der Waals surface area contributed by atoms with Crippen LogP contribution in [-0.4, -0.2) is 22.7 Å². The van der Waals surface area contributed by atoms with E-state index >= 15 is 0 Å². The molecule has 0 bridgehead atoms. The Bertz CT molecular complexity index is 1110. The number of halogens is 1. The Morgan fingerprint density at radius 2 is 2.07 bits per heavy atom. The lowest BCUT2D eigenvalue weighted by molar-refractivity contribution is 0.174. The number of benzene rings is 2. The predicted octanol–water partition coefficient (Wildman–Crippen LogP) is 4.28. The van der Waals surface area contributed by atoms with Gasteiger partial charge in [0.05, 0.1) is 17.1 Å². The van der Waals surface area contributed by atoms with E-state index in [-0.39, 0.29) is 18.3 Å². The summed E-state index contributed by atoms with van der Waals surface area (Å²) >= 11 is 3.42. The smallest absolute Gasteiger partial charge is 0.282 e. The SMILES string of the molecule is CC[C@H](C)c1nc2ccc(Br)cc2c(=O)n1N=Cc1ccc2c(c1)OCO2. The molecule has 4 rings (SSSR count). The van der Waals surface area contributed by atoms with Gasteiger partial charge in [-0.05, 0) is 48.4 Å². The zero-order valence-corrected chi connectivity index (χ0v) is 16.6. The van der Waals surface area contributed by atoms with Crippen molar-refractivity contribution in [3.05, 3.63) is 62.6 Å². The van der Waals surface area contributed by atoms with Crippen molar-refractivity contribution in [2.24, 2.45) is 5.10 Å². The molecule has 0 saturated carbocycles. The molecule has 0 N–H and O–H groups in total. The highest BCUT2D eigenvalue weighted by Gasteiger charge is 2.16. The van der Waals surface area contributed by atoms with Crippen LogP contribution in [-0.2, 0) is 0 Å². The number of ether oxygens (including phenoxy) is 2. The van der Waals surface area contributed by atoms with Gasteiger partial charge in [0.25, 0.3) is 5.56 Å². The first-order valence-corrected chi connectivity index (χ1v) is 9.52. The third kappa shape index (κ3) is 3.35. The minimum absolute atomic E-state index is 0.0969. The monoisotopic (exact) mass is 427 g/mol. The maximum atomic E-state index is 13.1. The molecule has 1 aliphatic rings. The molecular weight excluding hydrogens is 410 g/mol. The van der Waals surface area contributed by atoms with Crippen molar-refractivity contribution in [1.82, 2.24) is 9.66 Å². The lowest BCUT2D eigenvalue weighted by Crippen LogP contribution is -2.23. The van der Waals surface area contributed by atoms with Gasteiger partial charge in [0.15, 0.2) is 11.5 Å². The summed E-state index contributed by atoms with van der Waals surface area (Å²) in [7, 11) is 0. The second kappa shape index (κ2) is 7.15. The van der Waals surface area contributed by atoms with Crippen molar-refractivity contribution in [2.75, 3.05) is 6.79 Å². The van der Waals surface area contributed by atoms with Gasteiger partial charge in [0.1, 0.15) is 5.82 Å². The quantitative estimate of drug-likeness (QED) is 0.582. The molecule has 1 aliphatic heterocycles. The minimum atomic E-state index is -0.186. The topological polar surface area (TPSA) is 65.7 Å². The molecule has 0 spiro atoms. The van der Waals surface area contributed by atoms with Gasteiger partial charge in [0.2, 0.25) is 6.79 Å². The minimum Gasteiger partial charge on any atom is -0.454 e. The van der Waals surface area contributed by atoms with Gasteiger partial charge in [-0.3, -0.25) is 4.79 Å². The van der Waals surface area contributed by atoms with E-state index in [9.17, 15) is 4.79 Å². The van der Waals surface area contributed by atoms with Crippen LogP contribution < -0.4 is 15.0 Å². The van der Waals surface area contributed by atoms with E-state index in [2.05, 4.69) is 28.0 Å². The highest BCUT2D eigenvalue weighted by Crippen LogP contribution is 2.32. The molecule has 2 heterocycles. The molecule has 1 atom stereocenters. The second-order valence-corrected chi connectivity index (χ2v) is 7.33. The van der Waals surface area contributed by atoms with E-state index in [0.29, 0.717) is 28.2 Å². The fourth-order valence-corrected chi connectivity index (χ4v) is 3.26. The molecule has 0 aliphatic carbocycles. The third-order valence-electron chi connectivity index (χ3n) is 4.61. The number of hydrogen-bond acceptors (Lipinski definition) is 5. The molecule has 1 aromatic heterocycles. The zero-order valence-electron chi connectivity index (χ0n) is 15.0. The predicted molar refractivity (Wildman–Crippen MR) is 108 cm³/mol. The fraction of sp³-hybridized carbons (Fsp3) is 0.250. The molecule has 27 heavy (non-hydrogen) atoms. The summed E-state index contributed by atoms with van der Waals surface area (Å²) in [6, 6.07) is 11.0. The van der Waals surface area contributed by atoms with E-state index in [4.69, 9.17) is 14.5 Å². The molecule has 0 amide bonds. The van der Waals surface area contributed by atoms with Gasteiger partial charge < -0.3 is 9.47 Å². The number of fused-ring (bicyclic) bond motifs is 2. The van der Waals surface area contributed by atoms with Crippen molar-refractivity contribution in [1.29, 1.82) is 0 Å². The largest absolute Gasteiger partial charge is 0.454 e. The molecule has 7 heteroatoms. The summed E-state index contributed by atoms with van der Waals surface area (Å²) in [5.74, 6) is 2.13. The van der Waals surface area contributed by atoms with Crippen LogP contribution in [0.1, 0.15) is 37.6 Å². The molecule has 0 radical (unpaired) electrons. The van der Waals surface area contributed by atoms with Gasteiger partial charge in [-0.2, -0.15) is 9.78 Å². The standard InChI is InChI=1S/C20H18BrN3O3/c1-3-12(2)19-23-16-6-5-14(21)9-15(16)20(25)24(19)22-10-13-4-7-17-18(8-13)27-11-26-17/h4-10,12H,3,11H2,1-2H3/t12-/m0/s1. The Kier molecular flexibility index (Phi) is 4.70. The van der Waals surface area contributed by atoms with Crippen LogP contribution in [0, 0.1) is 0 Å². The lowest BCUT2D eigenvalue weighted by atomic mass is 10.1. The van der Waals surface area contributed by atoms with Crippen LogP contribution in [0.2, 0.25) is 0 Å². The highest BCUT2D eigenvalue weighted by atomic mass is 79.9. The average molecular weight is 428 g/mol. The van der Waals surface area contributed by atoms with Crippen LogP contribution in [0.25, 0.3) is 10.9 Å². The van der Waals surface area contributed by atoms with Gasteiger partial charge in [-0.15, -0.1) is 0 Å². The van der Waals surface area contributed by atoms with Crippen molar-refractivity contribution in [2.45, 2.75) is 26.2 Å². The van der Waals surface area contributed by atoms with Crippen LogP contribution in [0.15, 0.2) is 50.8 Å². The number of hydrogen-bond donors (Lipinski definition) is 0. The summed E-state index contributed by atoms with van der Waals surface area (Å²) < 4.78 is 12.9. The third-order valence-corrected chi connectivity index (χ3v) is 5.10. The zero-order chi connectivity index (χ0) is 19.0. The van der Waals surface area contributed by atoms with E-state index in [1.165, 1.54) is 4.68 Å². The average Bonchev–Trinajstić information content (AvgIpc) is 3.14. The van der Waals surface area contributed by atoms with E-state index in [0.717, 1.165) is 16.5 Å². The Morgan fingerprint density at radius 3 is 2.89 bits per heavy atom. The maximum Gasteiger partial charge on any atom is 0.282 e. The number of rotatable bonds is 4. The summed E-state index contributed by atoms with van der Waals surface area (Å²) in [6.07, 6.45) is 2.49. The lowest BCUT2D eigenvalue weighted by Gasteiger charge is -2.14.